The van der Waals surface area contributed by atoms with Gasteiger partial charge in [0.1, 0.15) is 0 Å². The van der Waals surface area contributed by atoms with E-state index in [2.05, 4.69) is 10.2 Å². The van der Waals surface area contributed by atoms with E-state index < -0.39 is 0 Å². The van der Waals surface area contributed by atoms with Crippen molar-refractivity contribution in [3.63, 3.8) is 0 Å². The van der Waals surface area contributed by atoms with Gasteiger partial charge in [-0.3, -0.25) is 9.89 Å². The summed E-state index contributed by atoms with van der Waals surface area (Å²) in [6.45, 7) is 8.11. The number of nitrogens with one attached hydrogen (secondary N) is 1. The van der Waals surface area contributed by atoms with E-state index >= 15 is 0 Å². The molecule has 1 aromatic heterocycles. The fraction of sp³-hybridized carbons (Fsp3) is 0.643. The van der Waals surface area contributed by atoms with Gasteiger partial charge in [0, 0.05) is 37.4 Å². The van der Waals surface area contributed by atoms with E-state index in [1.165, 1.54) is 0 Å². The number of hydrogen-bond donors (Lipinski definition) is 1. The Labute approximate surface area is 124 Å². The van der Waals surface area contributed by atoms with Gasteiger partial charge in [0.15, 0.2) is 0 Å². The highest BCUT2D eigenvalue weighted by molar-refractivity contribution is 5.79. The summed E-state index contributed by atoms with van der Waals surface area (Å²) < 4.78 is 4.96. The monoisotopic (exact) mass is 294 g/mol. The van der Waals surface area contributed by atoms with Crippen LogP contribution in [0, 0.1) is 13.8 Å². The maximum Gasteiger partial charge on any atom is 0.409 e. The third-order valence-electron chi connectivity index (χ3n) is 3.77. The van der Waals surface area contributed by atoms with Gasteiger partial charge in [0.25, 0.3) is 0 Å². The molecule has 0 saturated carbocycles. The normalized spacial score (nSPS) is 15.2. The first kappa shape index (κ1) is 15.3. The molecule has 21 heavy (non-hydrogen) atoms. The molecule has 2 heterocycles. The molecule has 0 radical (unpaired) electrons. The zero-order valence-corrected chi connectivity index (χ0v) is 12.8. The van der Waals surface area contributed by atoms with Gasteiger partial charge in [-0.15, -0.1) is 0 Å². The third-order valence-corrected chi connectivity index (χ3v) is 3.77. The molecule has 0 aromatic carbocycles. The molecule has 0 spiro atoms. The van der Waals surface area contributed by atoms with Crippen molar-refractivity contribution in [1.29, 1.82) is 0 Å². The number of nitrogens with zero attached hydrogens (tertiary/aromatic N) is 3. The fourth-order valence-electron chi connectivity index (χ4n) is 2.45. The molecule has 1 saturated heterocycles. The highest BCUT2D eigenvalue weighted by atomic mass is 16.6. The largest absolute Gasteiger partial charge is 0.450 e. The van der Waals surface area contributed by atoms with E-state index in [0.29, 0.717) is 39.2 Å². The van der Waals surface area contributed by atoms with E-state index in [-0.39, 0.29) is 12.0 Å². The van der Waals surface area contributed by atoms with Crippen LogP contribution in [0.5, 0.6) is 0 Å². The van der Waals surface area contributed by atoms with Crippen molar-refractivity contribution in [2.75, 3.05) is 32.8 Å². The first-order valence-corrected chi connectivity index (χ1v) is 7.22. The highest BCUT2D eigenvalue weighted by Crippen LogP contribution is 2.13. The number of piperazine rings is 1. The molecule has 1 aliphatic rings. The van der Waals surface area contributed by atoms with E-state index in [1.807, 2.05) is 13.8 Å². The minimum absolute atomic E-state index is 0.0751. The molecule has 1 aromatic rings. The minimum Gasteiger partial charge on any atom is -0.450 e. The Morgan fingerprint density at radius 2 is 1.81 bits per heavy atom. The van der Waals surface area contributed by atoms with Crippen LogP contribution in [0.4, 0.5) is 4.79 Å². The molecule has 0 unspecified atom stereocenters. The molecule has 1 fully saturated rings. The number of aromatic amines is 1. The van der Waals surface area contributed by atoms with Crippen LogP contribution in [0.1, 0.15) is 23.9 Å². The lowest BCUT2D eigenvalue weighted by molar-refractivity contribution is -0.132. The summed E-state index contributed by atoms with van der Waals surface area (Å²) in [6.07, 6.45) is 0.0548. The third kappa shape index (κ3) is 3.53. The van der Waals surface area contributed by atoms with Crippen LogP contribution < -0.4 is 0 Å². The Hall–Kier alpha value is -2.05. The van der Waals surface area contributed by atoms with Gasteiger partial charge < -0.3 is 14.5 Å². The van der Waals surface area contributed by atoms with Crippen molar-refractivity contribution in [2.24, 2.45) is 0 Å². The van der Waals surface area contributed by atoms with Gasteiger partial charge >= 0.3 is 6.09 Å². The molecular formula is C14H22N4O3. The number of ether oxygens (including phenoxy) is 1. The number of aromatic nitrogens is 2. The molecule has 1 aliphatic heterocycles. The lowest BCUT2D eigenvalue weighted by Crippen LogP contribution is -2.51. The van der Waals surface area contributed by atoms with Crippen molar-refractivity contribution in [2.45, 2.75) is 27.2 Å². The lowest BCUT2D eigenvalue weighted by atomic mass is 10.1. The van der Waals surface area contributed by atoms with Crippen molar-refractivity contribution < 1.29 is 14.3 Å². The number of hydrogen-bond acceptors (Lipinski definition) is 4. The Balaban J connectivity index is 1.87. The van der Waals surface area contributed by atoms with Crippen LogP contribution in [0.2, 0.25) is 0 Å². The van der Waals surface area contributed by atoms with E-state index in [1.54, 1.807) is 16.7 Å². The second-order valence-corrected chi connectivity index (χ2v) is 5.16. The molecule has 7 nitrogen and oxygen atoms in total. The standard InChI is InChI=1S/C14H22N4O3/c1-4-21-14(20)18-7-5-17(6-8-18)13(19)9-12-10(2)15-16-11(12)3/h4-9H2,1-3H3,(H,15,16). The van der Waals surface area contributed by atoms with E-state index in [9.17, 15) is 9.59 Å². The number of carbonyl (C=O) groups excluding carboxylic acids is 2. The van der Waals surface area contributed by atoms with Crippen LogP contribution >= 0.6 is 0 Å². The second-order valence-electron chi connectivity index (χ2n) is 5.16. The lowest BCUT2D eigenvalue weighted by Gasteiger charge is -2.34. The summed E-state index contributed by atoms with van der Waals surface area (Å²) in [7, 11) is 0. The first-order chi connectivity index (χ1) is 10.0. The van der Waals surface area contributed by atoms with Crippen LogP contribution in [0.15, 0.2) is 0 Å². The van der Waals surface area contributed by atoms with Crippen molar-refractivity contribution in [3.05, 3.63) is 17.0 Å². The first-order valence-electron chi connectivity index (χ1n) is 7.22. The zero-order chi connectivity index (χ0) is 15.4. The predicted octanol–water partition coefficient (Wildman–Crippen LogP) is 0.870. The molecule has 0 bridgehead atoms. The van der Waals surface area contributed by atoms with Crippen LogP contribution in [-0.4, -0.2) is 64.8 Å². The van der Waals surface area contributed by atoms with Crippen molar-refractivity contribution in [3.8, 4) is 0 Å². The number of rotatable bonds is 3. The molecule has 0 atom stereocenters. The molecule has 2 amide bonds. The topological polar surface area (TPSA) is 78.5 Å². The quantitative estimate of drug-likeness (QED) is 0.897. The maximum absolute atomic E-state index is 12.3. The highest BCUT2D eigenvalue weighted by Gasteiger charge is 2.25. The Morgan fingerprint density at radius 3 is 2.33 bits per heavy atom. The maximum atomic E-state index is 12.3. The SMILES string of the molecule is CCOC(=O)N1CCN(C(=O)Cc2c(C)n[nH]c2C)CC1. The summed E-state index contributed by atoms with van der Waals surface area (Å²) in [5.74, 6) is 0.0751. The zero-order valence-electron chi connectivity index (χ0n) is 12.8. The molecule has 7 heteroatoms. The average Bonchev–Trinajstić information content (AvgIpc) is 2.79. The van der Waals surface area contributed by atoms with Crippen molar-refractivity contribution >= 4 is 12.0 Å². The smallest absolute Gasteiger partial charge is 0.409 e. The molecule has 0 aliphatic carbocycles. The molecule has 1 N–H and O–H groups in total. The van der Waals surface area contributed by atoms with Gasteiger partial charge in [-0.05, 0) is 20.8 Å². The van der Waals surface area contributed by atoms with Crippen LogP contribution in [0.3, 0.4) is 0 Å². The van der Waals surface area contributed by atoms with Crippen LogP contribution in [-0.2, 0) is 16.0 Å². The summed E-state index contributed by atoms with van der Waals surface area (Å²) in [4.78, 5) is 27.4. The summed E-state index contributed by atoms with van der Waals surface area (Å²) in [5, 5.41) is 7.00. The number of H-pyrrole nitrogens is 1. The van der Waals surface area contributed by atoms with Gasteiger partial charge in [-0.25, -0.2) is 4.79 Å². The second kappa shape index (κ2) is 6.60. The van der Waals surface area contributed by atoms with Gasteiger partial charge in [0.2, 0.25) is 5.91 Å². The summed E-state index contributed by atoms with van der Waals surface area (Å²) in [6, 6.07) is 0. The number of aryl methyl sites for hydroxylation is 2. The molecule has 116 valence electrons. The Kier molecular flexibility index (Phi) is 4.82. The van der Waals surface area contributed by atoms with E-state index in [0.717, 1.165) is 17.0 Å². The molecular weight excluding hydrogens is 272 g/mol. The Bertz CT molecular complexity index is 499. The number of amides is 2. The van der Waals surface area contributed by atoms with Gasteiger partial charge in [-0.1, -0.05) is 0 Å². The predicted molar refractivity (Wildman–Crippen MR) is 76.9 cm³/mol. The summed E-state index contributed by atoms with van der Waals surface area (Å²) >= 11 is 0. The van der Waals surface area contributed by atoms with E-state index in [4.69, 9.17) is 4.74 Å². The van der Waals surface area contributed by atoms with Gasteiger partial charge in [-0.2, -0.15) is 5.10 Å². The minimum atomic E-state index is -0.300. The van der Waals surface area contributed by atoms with Crippen molar-refractivity contribution in [1.82, 2.24) is 20.0 Å². The fourth-order valence-corrected chi connectivity index (χ4v) is 2.45. The average molecular weight is 294 g/mol. The Morgan fingerprint density at radius 1 is 1.19 bits per heavy atom. The molecule has 2 rings (SSSR count). The summed E-state index contributed by atoms with van der Waals surface area (Å²) in [5.41, 5.74) is 2.77. The van der Waals surface area contributed by atoms with Gasteiger partial charge in [0.05, 0.1) is 18.7 Å². The van der Waals surface area contributed by atoms with Crippen LogP contribution in [0.25, 0.3) is 0 Å². The number of carbonyl (C=O) groups is 2.